The molecular formula is C24H38O3. The van der Waals surface area contributed by atoms with E-state index in [0.29, 0.717) is 12.8 Å². The van der Waals surface area contributed by atoms with Crippen LogP contribution in [0.4, 0.5) is 0 Å². The SMILES string of the molecule is CCCCCC=CCC1C(O)CC(O)C1CCC(O)CCc1ccccc1. The van der Waals surface area contributed by atoms with Crippen molar-refractivity contribution in [2.24, 2.45) is 11.8 Å². The highest BCUT2D eigenvalue weighted by atomic mass is 16.3. The summed E-state index contributed by atoms with van der Waals surface area (Å²) in [4.78, 5) is 0. The fourth-order valence-corrected chi connectivity index (χ4v) is 4.30. The Hall–Kier alpha value is -1.16. The molecule has 0 bridgehead atoms. The minimum Gasteiger partial charge on any atom is -0.393 e. The first-order chi connectivity index (χ1) is 13.1. The van der Waals surface area contributed by atoms with E-state index in [-0.39, 0.29) is 17.9 Å². The molecule has 1 fully saturated rings. The number of rotatable bonds is 12. The summed E-state index contributed by atoms with van der Waals surface area (Å²) in [5.74, 6) is 0.204. The van der Waals surface area contributed by atoms with E-state index in [2.05, 4.69) is 31.2 Å². The first-order valence-electron chi connectivity index (χ1n) is 10.8. The molecule has 0 aromatic heterocycles. The standard InChI is InChI=1S/C24H38O3/c1-2-3-4-5-6-10-13-21-22(24(27)18-23(21)26)17-16-20(25)15-14-19-11-8-7-9-12-19/h6-12,20-27H,2-5,13-18H2,1H3. The number of allylic oxidation sites excluding steroid dienone is 2. The van der Waals surface area contributed by atoms with E-state index in [1.54, 1.807) is 0 Å². The fraction of sp³-hybridized carbons (Fsp3) is 0.667. The predicted molar refractivity (Wildman–Crippen MR) is 112 cm³/mol. The Balaban J connectivity index is 1.74. The van der Waals surface area contributed by atoms with Gasteiger partial charge in [0.25, 0.3) is 0 Å². The van der Waals surface area contributed by atoms with E-state index >= 15 is 0 Å². The average Bonchev–Trinajstić information content (AvgIpc) is 2.94. The number of hydrogen-bond acceptors (Lipinski definition) is 3. The third-order valence-electron chi connectivity index (χ3n) is 6.01. The van der Waals surface area contributed by atoms with Gasteiger partial charge in [-0.15, -0.1) is 0 Å². The second-order valence-electron chi connectivity index (χ2n) is 8.16. The van der Waals surface area contributed by atoms with Crippen molar-refractivity contribution in [1.29, 1.82) is 0 Å². The van der Waals surface area contributed by atoms with Gasteiger partial charge >= 0.3 is 0 Å². The van der Waals surface area contributed by atoms with E-state index in [0.717, 1.165) is 32.1 Å². The predicted octanol–water partition coefficient (Wildman–Crippen LogP) is 4.64. The number of hydrogen-bond donors (Lipinski definition) is 3. The van der Waals surface area contributed by atoms with Crippen LogP contribution in [0.15, 0.2) is 42.5 Å². The summed E-state index contributed by atoms with van der Waals surface area (Å²) in [6.07, 6.45) is 12.4. The molecule has 1 aliphatic rings. The van der Waals surface area contributed by atoms with Crippen LogP contribution in [0.25, 0.3) is 0 Å². The van der Waals surface area contributed by atoms with Crippen LogP contribution in [0.3, 0.4) is 0 Å². The van der Waals surface area contributed by atoms with Crippen LogP contribution < -0.4 is 0 Å². The van der Waals surface area contributed by atoms with Gasteiger partial charge in [0.05, 0.1) is 18.3 Å². The molecule has 152 valence electrons. The summed E-state index contributed by atoms with van der Waals surface area (Å²) in [7, 11) is 0. The number of aryl methyl sites for hydroxylation is 1. The Morgan fingerprint density at radius 1 is 1.00 bits per heavy atom. The molecule has 5 unspecified atom stereocenters. The van der Waals surface area contributed by atoms with E-state index in [9.17, 15) is 15.3 Å². The summed E-state index contributed by atoms with van der Waals surface area (Å²) >= 11 is 0. The summed E-state index contributed by atoms with van der Waals surface area (Å²) in [5.41, 5.74) is 1.25. The molecule has 3 N–H and O–H groups in total. The van der Waals surface area contributed by atoms with Crippen molar-refractivity contribution in [1.82, 2.24) is 0 Å². The molecule has 0 radical (unpaired) electrons. The van der Waals surface area contributed by atoms with Crippen molar-refractivity contribution in [3.05, 3.63) is 48.0 Å². The van der Waals surface area contributed by atoms with Gasteiger partial charge in [-0.25, -0.2) is 0 Å². The van der Waals surface area contributed by atoms with Crippen molar-refractivity contribution in [3.63, 3.8) is 0 Å². The maximum atomic E-state index is 10.4. The Morgan fingerprint density at radius 3 is 2.48 bits per heavy atom. The molecule has 1 aromatic carbocycles. The van der Waals surface area contributed by atoms with Crippen LogP contribution >= 0.6 is 0 Å². The largest absolute Gasteiger partial charge is 0.393 e. The molecule has 3 nitrogen and oxygen atoms in total. The Morgan fingerprint density at radius 2 is 1.74 bits per heavy atom. The lowest BCUT2D eigenvalue weighted by atomic mass is 9.85. The van der Waals surface area contributed by atoms with Crippen LogP contribution in [0.5, 0.6) is 0 Å². The third kappa shape index (κ3) is 7.77. The second-order valence-corrected chi connectivity index (χ2v) is 8.16. The van der Waals surface area contributed by atoms with Gasteiger partial charge in [0.1, 0.15) is 0 Å². The molecule has 1 aromatic rings. The van der Waals surface area contributed by atoms with Gasteiger partial charge in [-0.1, -0.05) is 62.2 Å². The zero-order chi connectivity index (χ0) is 19.5. The molecule has 0 spiro atoms. The zero-order valence-corrected chi connectivity index (χ0v) is 16.8. The first-order valence-corrected chi connectivity index (χ1v) is 10.8. The van der Waals surface area contributed by atoms with Crippen LogP contribution in [0, 0.1) is 11.8 Å². The van der Waals surface area contributed by atoms with Gasteiger partial charge in [-0.2, -0.15) is 0 Å². The zero-order valence-electron chi connectivity index (χ0n) is 16.8. The minimum atomic E-state index is -0.445. The van der Waals surface area contributed by atoms with Crippen molar-refractivity contribution >= 4 is 0 Å². The highest BCUT2D eigenvalue weighted by Crippen LogP contribution is 2.38. The summed E-state index contributed by atoms with van der Waals surface area (Å²) < 4.78 is 0. The fourth-order valence-electron chi connectivity index (χ4n) is 4.30. The number of aliphatic hydroxyl groups is 3. The summed E-state index contributed by atoms with van der Waals surface area (Å²) in [6.45, 7) is 2.21. The molecule has 3 heteroatoms. The first kappa shape index (κ1) is 22.1. The second kappa shape index (κ2) is 12.3. The van der Waals surface area contributed by atoms with Gasteiger partial charge in [-0.05, 0) is 68.8 Å². The molecule has 0 saturated heterocycles. The number of benzene rings is 1. The summed E-state index contributed by atoms with van der Waals surface area (Å²) in [5, 5.41) is 31.0. The lowest BCUT2D eigenvalue weighted by Crippen LogP contribution is -2.23. The van der Waals surface area contributed by atoms with Crippen molar-refractivity contribution < 1.29 is 15.3 Å². The van der Waals surface area contributed by atoms with Crippen LogP contribution in [-0.4, -0.2) is 33.6 Å². The van der Waals surface area contributed by atoms with Crippen LogP contribution in [0.2, 0.25) is 0 Å². The van der Waals surface area contributed by atoms with Gasteiger partial charge < -0.3 is 15.3 Å². The smallest absolute Gasteiger partial charge is 0.0599 e. The maximum Gasteiger partial charge on any atom is 0.0599 e. The molecule has 2 rings (SSSR count). The highest BCUT2D eigenvalue weighted by molar-refractivity contribution is 5.14. The molecule has 0 heterocycles. The van der Waals surface area contributed by atoms with Crippen molar-refractivity contribution in [3.8, 4) is 0 Å². The van der Waals surface area contributed by atoms with Gasteiger partial charge in [0.2, 0.25) is 0 Å². The third-order valence-corrected chi connectivity index (χ3v) is 6.01. The Kier molecular flexibility index (Phi) is 10.1. The average molecular weight is 375 g/mol. The maximum absolute atomic E-state index is 10.4. The number of unbranched alkanes of at least 4 members (excludes halogenated alkanes) is 3. The van der Waals surface area contributed by atoms with E-state index in [1.807, 2.05) is 18.2 Å². The van der Waals surface area contributed by atoms with Gasteiger partial charge in [-0.3, -0.25) is 0 Å². The van der Waals surface area contributed by atoms with E-state index in [4.69, 9.17) is 0 Å². The topological polar surface area (TPSA) is 60.7 Å². The van der Waals surface area contributed by atoms with Crippen LogP contribution in [0.1, 0.15) is 70.3 Å². The minimum absolute atomic E-state index is 0.0895. The molecular weight excluding hydrogens is 336 g/mol. The molecule has 0 aliphatic heterocycles. The molecule has 1 aliphatic carbocycles. The van der Waals surface area contributed by atoms with E-state index < -0.39 is 12.2 Å². The van der Waals surface area contributed by atoms with Gasteiger partial charge in [0, 0.05) is 0 Å². The van der Waals surface area contributed by atoms with E-state index in [1.165, 1.54) is 24.8 Å². The van der Waals surface area contributed by atoms with Crippen LogP contribution in [-0.2, 0) is 6.42 Å². The molecule has 27 heavy (non-hydrogen) atoms. The van der Waals surface area contributed by atoms with Crippen molar-refractivity contribution in [2.75, 3.05) is 0 Å². The quantitative estimate of drug-likeness (QED) is 0.369. The lowest BCUT2D eigenvalue weighted by molar-refractivity contribution is 0.0857. The Labute approximate surface area is 165 Å². The molecule has 5 atom stereocenters. The number of aliphatic hydroxyl groups excluding tert-OH is 3. The van der Waals surface area contributed by atoms with Crippen molar-refractivity contribution in [2.45, 2.75) is 89.4 Å². The lowest BCUT2D eigenvalue weighted by Gasteiger charge is -2.23. The Bertz CT molecular complexity index is 528. The van der Waals surface area contributed by atoms with Gasteiger partial charge in [0.15, 0.2) is 0 Å². The molecule has 0 amide bonds. The molecule has 1 saturated carbocycles. The highest BCUT2D eigenvalue weighted by Gasteiger charge is 2.40. The monoisotopic (exact) mass is 374 g/mol. The summed E-state index contributed by atoms with van der Waals surface area (Å²) in [6, 6.07) is 10.2. The normalized spacial score (nSPS) is 26.7.